The normalized spacial score (nSPS) is 13.1. The van der Waals surface area contributed by atoms with Gasteiger partial charge in [0, 0.05) is 36.4 Å². The van der Waals surface area contributed by atoms with Gasteiger partial charge in [-0.25, -0.2) is 4.79 Å². The minimum atomic E-state index is -1.36. The van der Waals surface area contributed by atoms with E-state index in [0.717, 1.165) is 10.9 Å². The van der Waals surface area contributed by atoms with E-state index < -0.39 is 60.8 Å². The molecule has 0 fully saturated rings. The first-order valence-corrected chi connectivity index (χ1v) is 12.4. The summed E-state index contributed by atoms with van der Waals surface area (Å²) in [5, 5.41) is 36.5. The summed E-state index contributed by atoms with van der Waals surface area (Å²) in [6, 6.07) is 9.16. The van der Waals surface area contributed by atoms with E-state index in [1.54, 1.807) is 12.3 Å². The van der Waals surface area contributed by atoms with Crippen molar-refractivity contribution in [2.75, 3.05) is 6.54 Å². The van der Waals surface area contributed by atoms with Gasteiger partial charge in [-0.3, -0.25) is 19.2 Å². The average molecular weight is 554 g/mol. The predicted octanol–water partition coefficient (Wildman–Crippen LogP) is 0.0212. The molecule has 3 atom stereocenters. The van der Waals surface area contributed by atoms with Crippen molar-refractivity contribution in [1.29, 1.82) is 0 Å². The van der Waals surface area contributed by atoms with Gasteiger partial charge in [0.15, 0.2) is 0 Å². The Morgan fingerprint density at radius 3 is 2.12 bits per heavy atom. The van der Waals surface area contributed by atoms with Crippen LogP contribution in [0.15, 0.2) is 54.7 Å². The minimum absolute atomic E-state index is 0.000319. The number of carbonyl (C=O) groups excluding carboxylic acids is 3. The number of aromatic nitrogens is 1. The van der Waals surface area contributed by atoms with Gasteiger partial charge in [-0.1, -0.05) is 30.3 Å². The number of nitrogens with one attached hydrogen (secondary N) is 4. The second-order valence-electron chi connectivity index (χ2n) is 9.15. The number of amides is 3. The van der Waals surface area contributed by atoms with Gasteiger partial charge in [0.05, 0.1) is 6.54 Å². The smallest absolute Gasteiger partial charge is 0.326 e. The van der Waals surface area contributed by atoms with E-state index >= 15 is 0 Å². The lowest BCUT2D eigenvalue weighted by Crippen LogP contribution is -2.57. The quantitative estimate of drug-likeness (QED) is 0.134. The summed E-state index contributed by atoms with van der Waals surface area (Å²) in [5.74, 6) is -4.82. The molecule has 0 saturated carbocycles. The molecule has 3 aromatic rings. The first kappa shape index (κ1) is 29.6. The fraction of sp³-hybridized carbons (Fsp3) is 0.296. The number of benzene rings is 2. The molecule has 3 unspecified atom stereocenters. The van der Waals surface area contributed by atoms with Crippen LogP contribution in [0.1, 0.15) is 24.0 Å². The summed E-state index contributed by atoms with van der Waals surface area (Å²) in [4.78, 5) is 64.6. The van der Waals surface area contributed by atoms with Crippen molar-refractivity contribution in [1.82, 2.24) is 20.9 Å². The number of H-pyrrole nitrogens is 1. The van der Waals surface area contributed by atoms with Crippen molar-refractivity contribution in [3.63, 3.8) is 0 Å². The first-order valence-electron chi connectivity index (χ1n) is 12.4. The predicted molar refractivity (Wildman–Crippen MR) is 143 cm³/mol. The molecule has 0 radical (unpaired) electrons. The van der Waals surface area contributed by atoms with Crippen molar-refractivity contribution in [2.24, 2.45) is 5.73 Å². The zero-order valence-corrected chi connectivity index (χ0v) is 21.4. The Bertz CT molecular complexity index is 1370. The molecule has 40 heavy (non-hydrogen) atoms. The Balaban J connectivity index is 1.86. The molecule has 0 spiro atoms. The number of nitrogens with two attached hydrogens (primary N) is 1. The SMILES string of the molecule is NCC(=O)NC(CCC(=O)O)C(=O)NC(Cc1c[nH]c2ccccc12)C(=O)NC(Cc1ccc(O)cc1)C(=O)O. The third kappa shape index (κ3) is 8.30. The molecule has 13 nitrogen and oxygen atoms in total. The molecule has 212 valence electrons. The van der Waals surface area contributed by atoms with Gasteiger partial charge in [0.2, 0.25) is 17.7 Å². The largest absolute Gasteiger partial charge is 0.508 e. The lowest BCUT2D eigenvalue weighted by atomic mass is 10.0. The summed E-state index contributed by atoms with van der Waals surface area (Å²) in [5.41, 5.74) is 7.32. The van der Waals surface area contributed by atoms with Crippen LogP contribution >= 0.6 is 0 Å². The van der Waals surface area contributed by atoms with Crippen LogP contribution < -0.4 is 21.7 Å². The molecule has 0 aliphatic rings. The Morgan fingerprint density at radius 1 is 0.825 bits per heavy atom. The van der Waals surface area contributed by atoms with Gasteiger partial charge >= 0.3 is 11.9 Å². The standard InChI is InChI=1S/C27H31N5O8/c28-13-23(34)30-20(9-10-24(35)36)25(37)31-21(12-16-14-29-19-4-2-1-3-18(16)19)26(38)32-22(27(39)40)11-15-5-7-17(33)8-6-15/h1-8,14,20-22,29,33H,9-13,28H2,(H,30,34)(H,31,37)(H,32,38)(H,35,36)(H,39,40). The Morgan fingerprint density at radius 2 is 1.48 bits per heavy atom. The number of carboxylic acids is 2. The number of fused-ring (bicyclic) bond motifs is 1. The molecule has 3 rings (SSSR count). The minimum Gasteiger partial charge on any atom is -0.508 e. The second kappa shape index (κ2) is 13.8. The van der Waals surface area contributed by atoms with E-state index in [-0.39, 0.29) is 25.0 Å². The fourth-order valence-electron chi connectivity index (χ4n) is 4.13. The van der Waals surface area contributed by atoms with Crippen LogP contribution in [0.4, 0.5) is 0 Å². The number of rotatable bonds is 14. The molecule has 9 N–H and O–H groups in total. The number of hydrogen-bond donors (Lipinski definition) is 8. The number of aliphatic carboxylic acids is 2. The highest BCUT2D eigenvalue weighted by atomic mass is 16.4. The molecular weight excluding hydrogens is 522 g/mol. The van der Waals surface area contributed by atoms with Crippen LogP contribution in [0.3, 0.4) is 0 Å². The summed E-state index contributed by atoms with van der Waals surface area (Å²) < 4.78 is 0. The lowest BCUT2D eigenvalue weighted by Gasteiger charge is -2.24. The first-order chi connectivity index (χ1) is 19.1. The van der Waals surface area contributed by atoms with Crippen molar-refractivity contribution >= 4 is 40.6 Å². The number of carboxylic acid groups (broad SMARTS) is 2. The highest BCUT2D eigenvalue weighted by Crippen LogP contribution is 2.20. The molecule has 0 aliphatic heterocycles. The number of aromatic hydroxyl groups is 1. The third-order valence-corrected chi connectivity index (χ3v) is 6.21. The van der Waals surface area contributed by atoms with Gasteiger partial charge in [-0.05, 0) is 35.7 Å². The van der Waals surface area contributed by atoms with Crippen LogP contribution in [0.25, 0.3) is 10.9 Å². The van der Waals surface area contributed by atoms with E-state index in [1.165, 1.54) is 24.3 Å². The molecule has 3 amide bonds. The van der Waals surface area contributed by atoms with E-state index in [4.69, 9.17) is 10.8 Å². The number of carbonyl (C=O) groups is 5. The van der Waals surface area contributed by atoms with Crippen molar-refractivity contribution < 1.29 is 39.3 Å². The van der Waals surface area contributed by atoms with E-state index in [1.807, 2.05) is 18.2 Å². The van der Waals surface area contributed by atoms with Crippen molar-refractivity contribution in [2.45, 2.75) is 43.8 Å². The van der Waals surface area contributed by atoms with Crippen LogP contribution in [0.2, 0.25) is 0 Å². The number of hydrogen-bond acceptors (Lipinski definition) is 7. The molecule has 2 aromatic carbocycles. The van der Waals surface area contributed by atoms with Crippen molar-refractivity contribution in [3.8, 4) is 5.75 Å². The molecule has 0 aliphatic carbocycles. The summed E-state index contributed by atoms with van der Waals surface area (Å²) in [7, 11) is 0. The highest BCUT2D eigenvalue weighted by Gasteiger charge is 2.30. The average Bonchev–Trinajstić information content (AvgIpc) is 3.33. The van der Waals surface area contributed by atoms with Gasteiger partial charge in [0.1, 0.15) is 23.9 Å². The van der Waals surface area contributed by atoms with Crippen LogP contribution in [0.5, 0.6) is 5.75 Å². The zero-order valence-electron chi connectivity index (χ0n) is 21.4. The second-order valence-corrected chi connectivity index (χ2v) is 9.15. The summed E-state index contributed by atoms with van der Waals surface area (Å²) in [6.07, 6.45) is 0.843. The van der Waals surface area contributed by atoms with Gasteiger partial charge < -0.3 is 42.0 Å². The van der Waals surface area contributed by atoms with Gasteiger partial charge in [-0.2, -0.15) is 0 Å². The Labute approximate surface area is 228 Å². The molecule has 0 saturated heterocycles. The Kier molecular flexibility index (Phi) is 10.2. The summed E-state index contributed by atoms with van der Waals surface area (Å²) >= 11 is 0. The number of phenolic OH excluding ortho intramolecular Hbond substituents is 1. The number of phenols is 1. The maximum atomic E-state index is 13.4. The fourth-order valence-corrected chi connectivity index (χ4v) is 4.13. The number of aromatic amines is 1. The third-order valence-electron chi connectivity index (χ3n) is 6.21. The highest BCUT2D eigenvalue weighted by molar-refractivity contribution is 5.94. The molecular formula is C27H31N5O8. The number of para-hydroxylation sites is 1. The lowest BCUT2D eigenvalue weighted by molar-refractivity contribution is -0.142. The molecule has 1 heterocycles. The van der Waals surface area contributed by atoms with E-state index in [0.29, 0.717) is 11.1 Å². The maximum absolute atomic E-state index is 13.4. The van der Waals surface area contributed by atoms with Crippen molar-refractivity contribution in [3.05, 3.63) is 65.9 Å². The molecule has 0 bridgehead atoms. The topological polar surface area (TPSA) is 224 Å². The van der Waals surface area contributed by atoms with Crippen LogP contribution in [0, 0.1) is 0 Å². The maximum Gasteiger partial charge on any atom is 0.326 e. The van der Waals surface area contributed by atoms with E-state index in [9.17, 15) is 34.2 Å². The van der Waals surface area contributed by atoms with Crippen LogP contribution in [-0.4, -0.2) is 74.6 Å². The zero-order chi connectivity index (χ0) is 29.2. The Hall–Kier alpha value is -4.91. The van der Waals surface area contributed by atoms with E-state index in [2.05, 4.69) is 20.9 Å². The van der Waals surface area contributed by atoms with Crippen LogP contribution in [-0.2, 0) is 36.8 Å². The van der Waals surface area contributed by atoms with Gasteiger partial charge in [-0.15, -0.1) is 0 Å². The monoisotopic (exact) mass is 553 g/mol. The summed E-state index contributed by atoms with van der Waals surface area (Å²) in [6.45, 7) is -0.437. The molecule has 1 aromatic heterocycles. The van der Waals surface area contributed by atoms with Gasteiger partial charge in [0.25, 0.3) is 0 Å². The molecule has 13 heteroatoms.